The largest absolute Gasteiger partial charge is 0.357 e. The third-order valence-corrected chi connectivity index (χ3v) is 5.52. The molecule has 1 aromatic carbocycles. The first-order valence-electron chi connectivity index (χ1n) is 8.80. The zero-order valence-electron chi connectivity index (χ0n) is 16.2. The SMILES string of the molecule is CCNC(=NCCc1ccc(S(C)(=O)=O)cc1)N(C)Cc1cc(Cl)cn1C. The highest BCUT2D eigenvalue weighted by Crippen LogP contribution is 2.14. The van der Waals surface area contributed by atoms with Crippen LogP contribution in [0, 0.1) is 0 Å². The Balaban J connectivity index is 2.01. The highest BCUT2D eigenvalue weighted by atomic mass is 35.5. The molecule has 0 aliphatic carbocycles. The number of hydrogen-bond acceptors (Lipinski definition) is 3. The van der Waals surface area contributed by atoms with Gasteiger partial charge in [0.2, 0.25) is 0 Å². The summed E-state index contributed by atoms with van der Waals surface area (Å²) in [5.41, 5.74) is 2.16. The predicted octanol–water partition coefficient (Wildman–Crippen LogP) is 2.72. The third kappa shape index (κ3) is 6.29. The molecule has 1 N–H and O–H groups in total. The molecule has 0 amide bonds. The fraction of sp³-hybridized carbons (Fsp3) is 0.421. The van der Waals surface area contributed by atoms with Crippen molar-refractivity contribution in [3.05, 3.63) is 52.8 Å². The summed E-state index contributed by atoms with van der Waals surface area (Å²) < 4.78 is 25.1. The van der Waals surface area contributed by atoms with Crippen molar-refractivity contribution in [2.45, 2.75) is 24.8 Å². The zero-order chi connectivity index (χ0) is 20.0. The topological polar surface area (TPSA) is 66.7 Å². The van der Waals surface area contributed by atoms with Crippen LogP contribution in [0.5, 0.6) is 0 Å². The number of aromatic nitrogens is 1. The number of halogens is 1. The lowest BCUT2D eigenvalue weighted by Gasteiger charge is -2.22. The van der Waals surface area contributed by atoms with Crippen LogP contribution >= 0.6 is 11.6 Å². The summed E-state index contributed by atoms with van der Waals surface area (Å²) in [6.07, 6.45) is 3.84. The lowest BCUT2D eigenvalue weighted by Crippen LogP contribution is -2.39. The predicted molar refractivity (Wildman–Crippen MR) is 111 cm³/mol. The molecular formula is C19H27ClN4O2S. The molecule has 0 radical (unpaired) electrons. The van der Waals surface area contributed by atoms with E-state index in [-0.39, 0.29) is 0 Å². The molecule has 1 aromatic heterocycles. The van der Waals surface area contributed by atoms with Gasteiger partial charge in [0.1, 0.15) is 0 Å². The number of aliphatic imine (C=N–C) groups is 1. The van der Waals surface area contributed by atoms with E-state index in [9.17, 15) is 8.42 Å². The summed E-state index contributed by atoms with van der Waals surface area (Å²) >= 11 is 6.06. The molecule has 27 heavy (non-hydrogen) atoms. The first kappa shape index (κ1) is 21.3. The molecule has 0 saturated heterocycles. The van der Waals surface area contributed by atoms with Crippen molar-refractivity contribution in [1.82, 2.24) is 14.8 Å². The Hall–Kier alpha value is -1.99. The second kappa shape index (κ2) is 9.28. The highest BCUT2D eigenvalue weighted by Gasteiger charge is 2.10. The van der Waals surface area contributed by atoms with E-state index in [4.69, 9.17) is 11.6 Å². The number of benzene rings is 1. The Morgan fingerprint density at radius 3 is 2.48 bits per heavy atom. The minimum absolute atomic E-state index is 0.337. The summed E-state index contributed by atoms with van der Waals surface area (Å²) in [7, 11) is 0.802. The number of nitrogens with one attached hydrogen (secondary N) is 1. The van der Waals surface area contributed by atoms with Crippen molar-refractivity contribution >= 4 is 27.4 Å². The van der Waals surface area contributed by atoms with Crippen molar-refractivity contribution in [3.8, 4) is 0 Å². The lowest BCUT2D eigenvalue weighted by atomic mass is 10.1. The summed E-state index contributed by atoms with van der Waals surface area (Å²) in [5.74, 6) is 0.822. The number of hydrogen-bond donors (Lipinski definition) is 1. The van der Waals surface area contributed by atoms with Crippen LogP contribution in [-0.4, -0.2) is 50.2 Å². The molecule has 0 spiro atoms. The molecule has 0 atom stereocenters. The van der Waals surface area contributed by atoms with Gasteiger partial charge in [-0.05, 0) is 37.1 Å². The molecular weight excluding hydrogens is 384 g/mol. The first-order chi connectivity index (χ1) is 12.7. The van der Waals surface area contributed by atoms with Crippen molar-refractivity contribution in [2.24, 2.45) is 12.0 Å². The average molecular weight is 411 g/mol. The van der Waals surface area contributed by atoms with E-state index >= 15 is 0 Å². The van der Waals surface area contributed by atoms with E-state index in [1.54, 1.807) is 12.1 Å². The molecule has 2 aromatic rings. The normalized spacial score (nSPS) is 12.3. The van der Waals surface area contributed by atoms with Crippen LogP contribution < -0.4 is 5.32 Å². The Morgan fingerprint density at radius 2 is 1.96 bits per heavy atom. The Kier molecular flexibility index (Phi) is 7.33. The van der Waals surface area contributed by atoms with E-state index in [2.05, 4.69) is 15.2 Å². The molecule has 0 saturated carbocycles. The van der Waals surface area contributed by atoms with Gasteiger partial charge in [0, 0.05) is 45.3 Å². The van der Waals surface area contributed by atoms with Crippen LogP contribution in [0.25, 0.3) is 0 Å². The molecule has 0 aliphatic heterocycles. The van der Waals surface area contributed by atoms with Gasteiger partial charge in [0.05, 0.1) is 16.5 Å². The van der Waals surface area contributed by atoms with Crippen molar-refractivity contribution in [3.63, 3.8) is 0 Å². The van der Waals surface area contributed by atoms with Crippen molar-refractivity contribution < 1.29 is 8.42 Å². The van der Waals surface area contributed by atoms with Gasteiger partial charge in [-0.2, -0.15) is 0 Å². The second-order valence-corrected chi connectivity index (χ2v) is 8.97. The van der Waals surface area contributed by atoms with Crippen LogP contribution in [0.2, 0.25) is 5.02 Å². The maximum Gasteiger partial charge on any atom is 0.194 e. The molecule has 6 nitrogen and oxygen atoms in total. The van der Waals surface area contributed by atoms with Crippen LogP contribution in [-0.2, 0) is 29.9 Å². The van der Waals surface area contributed by atoms with Crippen LogP contribution in [0.3, 0.4) is 0 Å². The molecule has 2 rings (SSSR count). The van der Waals surface area contributed by atoms with Gasteiger partial charge in [0.25, 0.3) is 0 Å². The molecule has 0 bridgehead atoms. The molecule has 8 heteroatoms. The van der Waals surface area contributed by atoms with Gasteiger partial charge in [0.15, 0.2) is 15.8 Å². The maximum atomic E-state index is 11.5. The minimum atomic E-state index is -3.16. The Labute approximate surface area is 166 Å². The van der Waals surface area contributed by atoms with Crippen LogP contribution in [0.4, 0.5) is 0 Å². The van der Waals surface area contributed by atoms with E-state index in [1.165, 1.54) is 6.26 Å². The number of nitrogens with zero attached hydrogens (tertiary/aromatic N) is 3. The minimum Gasteiger partial charge on any atom is -0.357 e. The number of aryl methyl sites for hydroxylation is 1. The molecule has 1 heterocycles. The van der Waals surface area contributed by atoms with Crippen LogP contribution in [0.1, 0.15) is 18.2 Å². The highest BCUT2D eigenvalue weighted by molar-refractivity contribution is 7.90. The van der Waals surface area contributed by atoms with E-state index in [1.807, 2.05) is 50.0 Å². The van der Waals surface area contributed by atoms with E-state index in [0.29, 0.717) is 18.0 Å². The summed E-state index contributed by atoms with van der Waals surface area (Å²) in [6, 6.07) is 8.92. The van der Waals surface area contributed by atoms with Gasteiger partial charge in [-0.1, -0.05) is 23.7 Å². The average Bonchev–Trinajstić information content (AvgIpc) is 2.91. The second-order valence-electron chi connectivity index (χ2n) is 6.52. The standard InChI is InChI=1S/C19H27ClN4O2S/c1-5-21-19(24(3)14-17-12-16(20)13-23(17)2)22-11-10-15-6-8-18(9-7-15)27(4,25)26/h6-9,12-13H,5,10-11,14H2,1-4H3,(H,21,22). The van der Waals surface area contributed by atoms with Crippen molar-refractivity contribution in [2.75, 3.05) is 26.4 Å². The van der Waals surface area contributed by atoms with E-state index < -0.39 is 9.84 Å². The van der Waals surface area contributed by atoms with Gasteiger partial charge < -0.3 is 14.8 Å². The molecule has 0 unspecified atom stereocenters. The zero-order valence-corrected chi connectivity index (χ0v) is 17.8. The fourth-order valence-electron chi connectivity index (χ4n) is 2.71. The number of rotatable bonds is 7. The Morgan fingerprint density at radius 1 is 1.30 bits per heavy atom. The van der Waals surface area contributed by atoms with Gasteiger partial charge in [-0.15, -0.1) is 0 Å². The molecule has 0 aliphatic rings. The van der Waals surface area contributed by atoms with Gasteiger partial charge >= 0.3 is 0 Å². The third-order valence-electron chi connectivity index (χ3n) is 4.18. The monoisotopic (exact) mass is 410 g/mol. The fourth-order valence-corrected chi connectivity index (χ4v) is 3.61. The summed E-state index contributed by atoms with van der Waals surface area (Å²) in [5, 5.41) is 4.02. The summed E-state index contributed by atoms with van der Waals surface area (Å²) in [4.78, 5) is 7.08. The molecule has 0 fully saturated rings. The van der Waals surface area contributed by atoms with Crippen LogP contribution in [0.15, 0.2) is 46.4 Å². The smallest absolute Gasteiger partial charge is 0.194 e. The number of guanidine groups is 1. The maximum absolute atomic E-state index is 11.5. The van der Waals surface area contributed by atoms with Gasteiger partial charge in [-0.25, -0.2) is 8.42 Å². The first-order valence-corrected chi connectivity index (χ1v) is 11.1. The molecule has 148 valence electrons. The Bertz CT molecular complexity index is 889. The quantitative estimate of drug-likeness (QED) is 0.563. The lowest BCUT2D eigenvalue weighted by molar-refractivity contribution is 0.462. The number of sulfone groups is 1. The summed E-state index contributed by atoms with van der Waals surface area (Å²) in [6.45, 7) is 4.11. The van der Waals surface area contributed by atoms with Gasteiger partial charge in [-0.3, -0.25) is 4.99 Å². The van der Waals surface area contributed by atoms with E-state index in [0.717, 1.165) is 35.2 Å². The van der Waals surface area contributed by atoms with Crippen molar-refractivity contribution in [1.29, 1.82) is 0 Å².